The summed E-state index contributed by atoms with van der Waals surface area (Å²) in [6.07, 6.45) is 0. The van der Waals surface area contributed by atoms with Crippen molar-refractivity contribution in [3.05, 3.63) is 52.3 Å². The Hall–Kier alpha value is -1.42. The van der Waals surface area contributed by atoms with Crippen LogP contribution in [-0.4, -0.2) is 16.7 Å². The van der Waals surface area contributed by atoms with Crippen molar-refractivity contribution in [2.45, 2.75) is 5.88 Å². The van der Waals surface area contributed by atoms with Crippen LogP contribution in [0.3, 0.4) is 0 Å². The number of para-hydroxylation sites is 1. The maximum absolute atomic E-state index is 6.22. The van der Waals surface area contributed by atoms with E-state index in [9.17, 15) is 0 Å². The van der Waals surface area contributed by atoms with Gasteiger partial charge in [-0.2, -0.15) is 0 Å². The Kier molecular flexibility index (Phi) is 3.98. The van der Waals surface area contributed by atoms with Gasteiger partial charge in [0.15, 0.2) is 0 Å². The summed E-state index contributed by atoms with van der Waals surface area (Å²) in [6, 6.07) is 11.0. The number of hydrogen-bond donors (Lipinski definition) is 0. The second-order valence-corrected chi connectivity index (χ2v) is 5.53. The van der Waals surface area contributed by atoms with Gasteiger partial charge in [0.1, 0.15) is 17.1 Å². The highest BCUT2D eigenvalue weighted by Crippen LogP contribution is 2.33. The van der Waals surface area contributed by atoms with Gasteiger partial charge in [-0.25, -0.2) is 4.98 Å². The number of nitrogens with zero attached hydrogens (tertiary/aromatic N) is 2. The first kappa shape index (κ1) is 14.5. The minimum absolute atomic E-state index is 0.251. The summed E-state index contributed by atoms with van der Waals surface area (Å²) >= 11 is 18.4. The summed E-state index contributed by atoms with van der Waals surface area (Å²) in [5.41, 5.74) is 2.35. The molecule has 0 aliphatic heterocycles. The molecule has 3 rings (SSSR count). The monoisotopic (exact) mass is 340 g/mol. The lowest BCUT2D eigenvalue weighted by atomic mass is 10.2. The van der Waals surface area contributed by atoms with E-state index in [1.165, 1.54) is 0 Å². The van der Waals surface area contributed by atoms with Crippen LogP contribution >= 0.6 is 34.8 Å². The lowest BCUT2D eigenvalue weighted by molar-refractivity contribution is 0.413. The molecule has 0 aliphatic rings. The highest BCUT2D eigenvalue weighted by atomic mass is 35.5. The van der Waals surface area contributed by atoms with Crippen LogP contribution in [0.1, 0.15) is 5.82 Å². The van der Waals surface area contributed by atoms with Crippen LogP contribution in [0.2, 0.25) is 10.0 Å². The Balaban J connectivity index is 2.39. The number of halogens is 3. The number of alkyl halides is 1. The molecular weight excluding hydrogens is 331 g/mol. The number of aromatic nitrogens is 2. The number of hydrogen-bond acceptors (Lipinski definition) is 2. The van der Waals surface area contributed by atoms with Crippen molar-refractivity contribution in [1.29, 1.82) is 0 Å². The van der Waals surface area contributed by atoms with Crippen molar-refractivity contribution >= 4 is 45.8 Å². The van der Waals surface area contributed by atoms with Crippen LogP contribution in [0.5, 0.6) is 5.75 Å². The minimum Gasteiger partial charge on any atom is -0.495 e. The molecule has 108 valence electrons. The summed E-state index contributed by atoms with van der Waals surface area (Å²) in [5, 5.41) is 1.19. The van der Waals surface area contributed by atoms with Gasteiger partial charge in [0.05, 0.1) is 29.2 Å². The number of methoxy groups -OCH3 is 1. The van der Waals surface area contributed by atoms with Gasteiger partial charge in [0.2, 0.25) is 0 Å². The SMILES string of the molecule is COc1ccc(Cl)cc1-n1c(CCl)nc2c(Cl)cccc21. The van der Waals surface area contributed by atoms with E-state index in [0.717, 1.165) is 11.2 Å². The predicted molar refractivity (Wildman–Crippen MR) is 87.2 cm³/mol. The average molecular weight is 342 g/mol. The Morgan fingerprint density at radius 1 is 1.19 bits per heavy atom. The van der Waals surface area contributed by atoms with Crippen molar-refractivity contribution in [2.24, 2.45) is 0 Å². The van der Waals surface area contributed by atoms with Crippen molar-refractivity contribution in [3.63, 3.8) is 0 Å². The highest BCUT2D eigenvalue weighted by Gasteiger charge is 2.17. The zero-order valence-electron chi connectivity index (χ0n) is 11.1. The molecule has 0 spiro atoms. The van der Waals surface area contributed by atoms with Gasteiger partial charge in [-0.3, -0.25) is 4.57 Å². The van der Waals surface area contributed by atoms with Crippen LogP contribution in [0, 0.1) is 0 Å². The third-order valence-electron chi connectivity index (χ3n) is 3.21. The number of ether oxygens (including phenoxy) is 1. The van der Waals surface area contributed by atoms with Gasteiger partial charge < -0.3 is 4.74 Å². The van der Waals surface area contributed by atoms with E-state index in [-0.39, 0.29) is 5.88 Å². The van der Waals surface area contributed by atoms with Crippen molar-refractivity contribution < 1.29 is 4.74 Å². The summed E-state index contributed by atoms with van der Waals surface area (Å²) < 4.78 is 7.34. The van der Waals surface area contributed by atoms with Gasteiger partial charge in [-0.1, -0.05) is 29.3 Å². The molecule has 21 heavy (non-hydrogen) atoms. The van der Waals surface area contributed by atoms with Gasteiger partial charge >= 0.3 is 0 Å². The second kappa shape index (κ2) is 5.76. The van der Waals surface area contributed by atoms with Gasteiger partial charge in [-0.15, -0.1) is 11.6 Å². The molecule has 0 unspecified atom stereocenters. The molecule has 0 bridgehead atoms. The standard InChI is InChI=1S/C15H11Cl3N2O/c1-21-13-6-5-9(17)7-12(13)20-11-4-2-3-10(18)15(11)19-14(20)8-16/h2-7H,8H2,1H3. The lowest BCUT2D eigenvalue weighted by Crippen LogP contribution is -2.02. The summed E-state index contributed by atoms with van der Waals surface area (Å²) in [6.45, 7) is 0. The first-order valence-electron chi connectivity index (χ1n) is 6.21. The maximum atomic E-state index is 6.22. The fourth-order valence-electron chi connectivity index (χ4n) is 2.31. The molecule has 0 saturated heterocycles. The Bertz CT molecular complexity index is 814. The molecule has 6 heteroatoms. The quantitative estimate of drug-likeness (QED) is 0.621. The Morgan fingerprint density at radius 3 is 2.71 bits per heavy atom. The van der Waals surface area contributed by atoms with E-state index in [1.54, 1.807) is 19.2 Å². The number of fused-ring (bicyclic) bond motifs is 1. The van der Waals surface area contributed by atoms with E-state index in [0.29, 0.717) is 27.1 Å². The van der Waals surface area contributed by atoms with E-state index in [4.69, 9.17) is 39.5 Å². The Labute approximate surface area is 137 Å². The molecule has 0 aliphatic carbocycles. The molecule has 3 nitrogen and oxygen atoms in total. The smallest absolute Gasteiger partial charge is 0.143 e. The molecule has 1 heterocycles. The molecule has 0 N–H and O–H groups in total. The van der Waals surface area contributed by atoms with Crippen LogP contribution < -0.4 is 4.74 Å². The summed E-state index contributed by atoms with van der Waals surface area (Å²) in [5.74, 6) is 1.62. The summed E-state index contributed by atoms with van der Waals surface area (Å²) in [7, 11) is 1.61. The molecule has 2 aromatic carbocycles. The van der Waals surface area contributed by atoms with E-state index in [1.807, 2.05) is 28.8 Å². The molecule has 0 radical (unpaired) electrons. The zero-order valence-corrected chi connectivity index (χ0v) is 13.4. The molecule has 0 saturated carbocycles. The molecule has 0 atom stereocenters. The van der Waals surface area contributed by atoms with Gasteiger partial charge in [0.25, 0.3) is 0 Å². The van der Waals surface area contributed by atoms with Crippen LogP contribution in [0.15, 0.2) is 36.4 Å². The van der Waals surface area contributed by atoms with Crippen molar-refractivity contribution in [3.8, 4) is 11.4 Å². The third-order valence-corrected chi connectivity index (χ3v) is 3.99. The maximum Gasteiger partial charge on any atom is 0.143 e. The number of rotatable bonds is 3. The van der Waals surface area contributed by atoms with Crippen molar-refractivity contribution in [1.82, 2.24) is 9.55 Å². The first-order valence-corrected chi connectivity index (χ1v) is 7.50. The van der Waals surface area contributed by atoms with Crippen LogP contribution in [0.4, 0.5) is 0 Å². The zero-order chi connectivity index (χ0) is 15.0. The predicted octanol–water partition coefficient (Wildman–Crippen LogP) is 5.08. The summed E-state index contributed by atoms with van der Waals surface area (Å²) in [4.78, 5) is 4.51. The fraction of sp³-hybridized carbons (Fsp3) is 0.133. The van der Waals surface area contributed by atoms with Crippen molar-refractivity contribution in [2.75, 3.05) is 7.11 Å². The average Bonchev–Trinajstić information content (AvgIpc) is 2.87. The second-order valence-electron chi connectivity index (χ2n) is 4.42. The van der Waals surface area contributed by atoms with E-state index < -0.39 is 0 Å². The third kappa shape index (κ3) is 2.46. The molecule has 0 amide bonds. The lowest BCUT2D eigenvalue weighted by Gasteiger charge is -2.13. The Morgan fingerprint density at radius 2 is 2.00 bits per heavy atom. The highest BCUT2D eigenvalue weighted by molar-refractivity contribution is 6.35. The van der Waals surface area contributed by atoms with Gasteiger partial charge in [-0.05, 0) is 30.3 Å². The normalized spacial score (nSPS) is 11.0. The van der Waals surface area contributed by atoms with E-state index in [2.05, 4.69) is 4.98 Å². The molecule has 0 fully saturated rings. The van der Waals surface area contributed by atoms with Gasteiger partial charge in [0, 0.05) is 5.02 Å². The topological polar surface area (TPSA) is 27.1 Å². The number of benzene rings is 2. The van der Waals surface area contributed by atoms with Crippen LogP contribution in [-0.2, 0) is 5.88 Å². The molecule has 3 aromatic rings. The van der Waals surface area contributed by atoms with E-state index >= 15 is 0 Å². The molecular formula is C15H11Cl3N2O. The molecule has 1 aromatic heterocycles. The number of imidazole rings is 1. The largest absolute Gasteiger partial charge is 0.495 e. The fourth-order valence-corrected chi connectivity index (χ4v) is 2.87. The minimum atomic E-state index is 0.251. The first-order chi connectivity index (χ1) is 10.2. The van der Waals surface area contributed by atoms with Crippen LogP contribution in [0.25, 0.3) is 16.7 Å².